The van der Waals surface area contributed by atoms with Crippen LogP contribution in [-0.2, 0) is 4.79 Å². The molecule has 1 aliphatic rings. The highest BCUT2D eigenvalue weighted by Gasteiger charge is 2.32. The van der Waals surface area contributed by atoms with Gasteiger partial charge in [0.05, 0.1) is 11.8 Å². The lowest BCUT2D eigenvalue weighted by atomic mass is 9.97. The van der Waals surface area contributed by atoms with Gasteiger partial charge in [-0.1, -0.05) is 42.0 Å². The minimum Gasteiger partial charge on any atom is -0.507 e. The molecule has 1 N–H and O–H groups in total. The minimum absolute atomic E-state index is 0.100. The Hall–Kier alpha value is -2.62. The highest BCUT2D eigenvalue weighted by Crippen LogP contribution is 2.34. The van der Waals surface area contributed by atoms with E-state index in [9.17, 15) is 9.90 Å². The zero-order chi connectivity index (χ0) is 15.7. The van der Waals surface area contributed by atoms with Crippen LogP contribution in [0.2, 0.25) is 0 Å². The maximum absolute atomic E-state index is 11.9. The normalized spacial score (nSPS) is 17.5. The summed E-state index contributed by atoms with van der Waals surface area (Å²) < 4.78 is 0. The second kappa shape index (κ2) is 5.64. The number of hydrazone groups is 1. The van der Waals surface area contributed by atoms with Crippen LogP contribution in [0.5, 0.6) is 5.75 Å². The molecule has 0 bridgehead atoms. The number of rotatable bonds is 2. The molecule has 1 amide bonds. The van der Waals surface area contributed by atoms with E-state index in [4.69, 9.17) is 0 Å². The summed E-state index contributed by atoms with van der Waals surface area (Å²) in [7, 11) is 0. The van der Waals surface area contributed by atoms with Crippen LogP contribution in [-0.4, -0.2) is 21.7 Å². The molecule has 22 heavy (non-hydrogen) atoms. The van der Waals surface area contributed by atoms with Gasteiger partial charge in [0.25, 0.3) is 0 Å². The van der Waals surface area contributed by atoms with E-state index in [1.807, 2.05) is 37.3 Å². The van der Waals surface area contributed by atoms with E-state index in [0.29, 0.717) is 12.0 Å². The van der Waals surface area contributed by atoms with Gasteiger partial charge in [-0.2, -0.15) is 5.10 Å². The van der Waals surface area contributed by atoms with Crippen molar-refractivity contribution in [2.24, 2.45) is 5.10 Å². The zero-order valence-corrected chi connectivity index (χ0v) is 12.7. The number of hydrogen-bond acceptors (Lipinski definition) is 3. The van der Waals surface area contributed by atoms with Crippen molar-refractivity contribution in [1.82, 2.24) is 5.01 Å². The molecule has 0 saturated carbocycles. The van der Waals surface area contributed by atoms with Crippen LogP contribution in [0.25, 0.3) is 0 Å². The number of para-hydroxylation sites is 1. The van der Waals surface area contributed by atoms with E-state index in [2.05, 4.69) is 11.2 Å². The first kappa shape index (κ1) is 14.3. The third-order valence-corrected chi connectivity index (χ3v) is 3.87. The standard InChI is InChI=1S/C18H18N2O2/c1-12-6-5-7-14(10-12)17-11-16(19-20(17)13(2)21)15-8-3-4-9-18(15)22/h3-10,17,22H,11H2,1-2H3/t17-/m0/s1. The lowest BCUT2D eigenvalue weighted by molar-refractivity contribution is -0.130. The molecule has 0 radical (unpaired) electrons. The first-order valence-corrected chi connectivity index (χ1v) is 7.28. The van der Waals surface area contributed by atoms with Gasteiger partial charge in [-0.15, -0.1) is 0 Å². The van der Waals surface area contributed by atoms with Gasteiger partial charge >= 0.3 is 0 Å². The zero-order valence-electron chi connectivity index (χ0n) is 12.7. The summed E-state index contributed by atoms with van der Waals surface area (Å²) in [6, 6.07) is 15.1. The Bertz CT molecular complexity index is 752. The number of carbonyl (C=O) groups excluding carboxylic acids is 1. The summed E-state index contributed by atoms with van der Waals surface area (Å²) >= 11 is 0. The Balaban J connectivity index is 1.99. The summed E-state index contributed by atoms with van der Waals surface area (Å²) in [5, 5.41) is 16.0. The fraction of sp³-hybridized carbons (Fsp3) is 0.222. The third kappa shape index (κ3) is 2.60. The number of aromatic hydroxyl groups is 1. The smallest absolute Gasteiger partial charge is 0.240 e. The van der Waals surface area contributed by atoms with Crippen LogP contribution >= 0.6 is 0 Å². The molecule has 0 aromatic heterocycles. The predicted octanol–water partition coefficient (Wildman–Crippen LogP) is 3.40. The van der Waals surface area contributed by atoms with E-state index in [1.54, 1.807) is 12.1 Å². The van der Waals surface area contributed by atoms with Gasteiger partial charge in [0.15, 0.2) is 0 Å². The molecule has 0 saturated heterocycles. The van der Waals surface area contributed by atoms with Crippen molar-refractivity contribution in [1.29, 1.82) is 0 Å². The summed E-state index contributed by atoms with van der Waals surface area (Å²) in [6.07, 6.45) is 0.598. The second-order valence-electron chi connectivity index (χ2n) is 5.56. The molecule has 0 fully saturated rings. The third-order valence-electron chi connectivity index (χ3n) is 3.87. The van der Waals surface area contributed by atoms with Crippen molar-refractivity contribution in [2.45, 2.75) is 26.3 Å². The fourth-order valence-corrected chi connectivity index (χ4v) is 2.82. The quantitative estimate of drug-likeness (QED) is 0.923. The van der Waals surface area contributed by atoms with E-state index < -0.39 is 0 Å². The molecule has 3 rings (SSSR count). The Morgan fingerprint density at radius 1 is 1.23 bits per heavy atom. The Morgan fingerprint density at radius 3 is 2.68 bits per heavy atom. The van der Waals surface area contributed by atoms with Gasteiger partial charge in [0, 0.05) is 18.9 Å². The van der Waals surface area contributed by atoms with Crippen molar-refractivity contribution < 1.29 is 9.90 Å². The van der Waals surface area contributed by atoms with Crippen molar-refractivity contribution in [3.05, 3.63) is 65.2 Å². The summed E-state index contributed by atoms with van der Waals surface area (Å²) in [4.78, 5) is 11.9. The van der Waals surface area contributed by atoms with Gasteiger partial charge in [-0.05, 0) is 24.6 Å². The minimum atomic E-state index is -0.119. The van der Waals surface area contributed by atoms with Crippen LogP contribution in [0.15, 0.2) is 53.6 Å². The van der Waals surface area contributed by atoms with Gasteiger partial charge in [0.1, 0.15) is 5.75 Å². The van der Waals surface area contributed by atoms with Crippen LogP contribution in [0.4, 0.5) is 0 Å². The number of carbonyl (C=O) groups is 1. The molecule has 0 aliphatic carbocycles. The fourth-order valence-electron chi connectivity index (χ4n) is 2.82. The number of nitrogens with zero attached hydrogens (tertiary/aromatic N) is 2. The van der Waals surface area contributed by atoms with Crippen LogP contribution < -0.4 is 0 Å². The van der Waals surface area contributed by atoms with Gasteiger partial charge < -0.3 is 5.11 Å². The maximum Gasteiger partial charge on any atom is 0.240 e. The molecular weight excluding hydrogens is 276 g/mol. The van der Waals surface area contributed by atoms with Gasteiger partial charge in [0.2, 0.25) is 5.91 Å². The van der Waals surface area contributed by atoms with E-state index in [0.717, 1.165) is 16.8 Å². The number of benzene rings is 2. The molecule has 4 heteroatoms. The second-order valence-corrected chi connectivity index (χ2v) is 5.56. The summed E-state index contributed by atoms with van der Waals surface area (Å²) in [5.74, 6) is 0.0894. The van der Waals surface area contributed by atoms with Crippen molar-refractivity contribution in [3.63, 3.8) is 0 Å². The number of phenols is 1. The summed E-state index contributed by atoms with van der Waals surface area (Å²) in [6.45, 7) is 3.54. The molecule has 1 atom stereocenters. The molecule has 112 valence electrons. The van der Waals surface area contributed by atoms with Crippen LogP contribution in [0.3, 0.4) is 0 Å². The molecule has 1 aliphatic heterocycles. The van der Waals surface area contributed by atoms with Crippen molar-refractivity contribution >= 4 is 11.6 Å². The monoisotopic (exact) mass is 294 g/mol. The molecule has 0 unspecified atom stereocenters. The largest absolute Gasteiger partial charge is 0.507 e. The molecular formula is C18H18N2O2. The molecule has 2 aromatic carbocycles. The average molecular weight is 294 g/mol. The molecule has 1 heterocycles. The number of aryl methyl sites for hydroxylation is 1. The number of amides is 1. The predicted molar refractivity (Wildman–Crippen MR) is 85.7 cm³/mol. The first-order chi connectivity index (χ1) is 10.6. The number of phenolic OH excluding ortho intramolecular Hbond substituents is 1. The van der Waals surface area contributed by atoms with E-state index >= 15 is 0 Å². The Kier molecular flexibility index (Phi) is 3.67. The first-order valence-electron chi connectivity index (χ1n) is 7.28. The van der Waals surface area contributed by atoms with Crippen molar-refractivity contribution in [2.75, 3.05) is 0 Å². The van der Waals surface area contributed by atoms with Gasteiger partial charge in [-0.3, -0.25) is 4.79 Å². The van der Waals surface area contributed by atoms with E-state index in [1.165, 1.54) is 11.9 Å². The average Bonchev–Trinajstić information content (AvgIpc) is 2.93. The Labute approximate surface area is 129 Å². The topological polar surface area (TPSA) is 52.9 Å². The summed E-state index contributed by atoms with van der Waals surface area (Å²) in [5.41, 5.74) is 3.63. The van der Waals surface area contributed by atoms with Gasteiger partial charge in [-0.25, -0.2) is 5.01 Å². The SMILES string of the molecule is CC(=O)N1N=C(c2ccccc2O)C[C@H]1c1cccc(C)c1. The maximum atomic E-state index is 11.9. The lowest BCUT2D eigenvalue weighted by Crippen LogP contribution is -2.24. The van der Waals surface area contributed by atoms with Crippen molar-refractivity contribution in [3.8, 4) is 5.75 Å². The number of hydrogen-bond donors (Lipinski definition) is 1. The highest BCUT2D eigenvalue weighted by molar-refractivity contribution is 6.05. The Morgan fingerprint density at radius 2 is 2.00 bits per heavy atom. The lowest BCUT2D eigenvalue weighted by Gasteiger charge is -2.20. The highest BCUT2D eigenvalue weighted by atomic mass is 16.3. The molecule has 0 spiro atoms. The van der Waals surface area contributed by atoms with Crippen LogP contribution in [0.1, 0.15) is 36.1 Å². The molecule has 2 aromatic rings. The molecule has 4 nitrogen and oxygen atoms in total. The van der Waals surface area contributed by atoms with E-state index in [-0.39, 0.29) is 17.7 Å². The van der Waals surface area contributed by atoms with Crippen LogP contribution in [0, 0.1) is 6.92 Å².